The smallest absolute Gasteiger partial charge is 0.236 e. The van der Waals surface area contributed by atoms with Gasteiger partial charge in [0, 0.05) is 22.4 Å². The molecular formula is C17H18N6OS3. The first-order chi connectivity index (χ1) is 13.3. The van der Waals surface area contributed by atoms with Crippen LogP contribution in [0.4, 0.5) is 5.13 Å². The predicted molar refractivity (Wildman–Crippen MR) is 109 cm³/mol. The van der Waals surface area contributed by atoms with Crippen molar-refractivity contribution in [1.29, 1.82) is 0 Å². The van der Waals surface area contributed by atoms with Gasteiger partial charge < -0.3 is 0 Å². The van der Waals surface area contributed by atoms with Crippen molar-refractivity contribution in [3.63, 3.8) is 0 Å². The topological polar surface area (TPSA) is 85.6 Å². The van der Waals surface area contributed by atoms with Gasteiger partial charge in [0.2, 0.25) is 11.0 Å². The number of hydrogen-bond donors (Lipinski definition) is 1. The van der Waals surface area contributed by atoms with Crippen LogP contribution in [0.5, 0.6) is 0 Å². The molecule has 0 unspecified atom stereocenters. The van der Waals surface area contributed by atoms with Gasteiger partial charge in [0.25, 0.3) is 0 Å². The third kappa shape index (κ3) is 3.97. The third-order valence-electron chi connectivity index (χ3n) is 4.27. The van der Waals surface area contributed by atoms with Crippen molar-refractivity contribution in [3.8, 4) is 11.4 Å². The molecule has 0 aromatic carbocycles. The second-order valence-corrected chi connectivity index (χ2v) is 8.78. The van der Waals surface area contributed by atoms with E-state index in [1.54, 1.807) is 5.51 Å². The summed E-state index contributed by atoms with van der Waals surface area (Å²) in [5.74, 6) is 0.956. The van der Waals surface area contributed by atoms with E-state index in [0.717, 1.165) is 18.7 Å². The highest BCUT2D eigenvalue weighted by Gasteiger charge is 2.22. The van der Waals surface area contributed by atoms with Crippen LogP contribution >= 0.6 is 34.4 Å². The Morgan fingerprint density at radius 2 is 2.19 bits per heavy atom. The van der Waals surface area contributed by atoms with Crippen LogP contribution in [-0.4, -0.2) is 36.6 Å². The van der Waals surface area contributed by atoms with Crippen LogP contribution in [0.15, 0.2) is 28.7 Å². The fourth-order valence-electron chi connectivity index (χ4n) is 3.08. The zero-order valence-electron chi connectivity index (χ0n) is 14.6. The van der Waals surface area contributed by atoms with E-state index in [1.165, 1.54) is 51.9 Å². The number of anilines is 1. The van der Waals surface area contributed by atoms with Crippen LogP contribution in [0.1, 0.15) is 23.3 Å². The molecule has 3 heterocycles. The Morgan fingerprint density at radius 1 is 1.30 bits per heavy atom. The normalized spacial score (nSPS) is 13.3. The van der Waals surface area contributed by atoms with Crippen LogP contribution in [0, 0.1) is 0 Å². The first-order valence-electron chi connectivity index (χ1n) is 8.58. The molecule has 1 aliphatic rings. The molecule has 4 rings (SSSR count). The zero-order chi connectivity index (χ0) is 18.6. The molecular weight excluding hydrogens is 400 g/mol. The maximum absolute atomic E-state index is 12.1. The lowest BCUT2D eigenvalue weighted by Crippen LogP contribution is -2.14. The number of thioether (sulfide) groups is 1. The molecule has 1 N–H and O–H groups in total. The second kappa shape index (κ2) is 8.32. The maximum atomic E-state index is 12.1. The van der Waals surface area contributed by atoms with Gasteiger partial charge in [-0.05, 0) is 31.2 Å². The van der Waals surface area contributed by atoms with E-state index in [0.29, 0.717) is 16.8 Å². The van der Waals surface area contributed by atoms with Gasteiger partial charge in [-0.3, -0.25) is 14.7 Å². The highest BCUT2D eigenvalue weighted by atomic mass is 32.2. The highest BCUT2D eigenvalue weighted by molar-refractivity contribution is 7.99. The minimum Gasteiger partial charge on any atom is -0.300 e. The average Bonchev–Trinajstić information content (AvgIpc) is 3.40. The highest BCUT2D eigenvalue weighted by Crippen LogP contribution is 2.36. The molecule has 140 valence electrons. The monoisotopic (exact) mass is 418 g/mol. The lowest BCUT2D eigenvalue weighted by molar-refractivity contribution is -0.113. The molecule has 10 heteroatoms. The molecule has 0 atom stereocenters. The Kier molecular flexibility index (Phi) is 5.65. The van der Waals surface area contributed by atoms with Crippen LogP contribution < -0.4 is 5.32 Å². The summed E-state index contributed by atoms with van der Waals surface area (Å²) in [4.78, 5) is 13.6. The summed E-state index contributed by atoms with van der Waals surface area (Å²) in [5, 5.41) is 22.4. The largest absolute Gasteiger partial charge is 0.300 e. The number of carbonyl (C=O) groups is 1. The van der Waals surface area contributed by atoms with Gasteiger partial charge in [-0.15, -0.1) is 38.3 Å². The first kappa shape index (κ1) is 18.3. The molecule has 0 bridgehead atoms. The zero-order valence-corrected chi connectivity index (χ0v) is 17.0. The van der Waals surface area contributed by atoms with Gasteiger partial charge in [-0.1, -0.05) is 29.2 Å². The molecule has 0 aliphatic heterocycles. The first-order valence-corrected chi connectivity index (χ1v) is 11.3. The summed E-state index contributed by atoms with van der Waals surface area (Å²) in [6.07, 6.45) is 6.57. The van der Waals surface area contributed by atoms with Crippen molar-refractivity contribution in [2.24, 2.45) is 0 Å². The van der Waals surface area contributed by atoms with Gasteiger partial charge in [0.1, 0.15) is 5.51 Å². The number of nitrogens with zero attached hydrogens (tertiary/aromatic N) is 5. The van der Waals surface area contributed by atoms with E-state index < -0.39 is 0 Å². The number of thiophene rings is 1. The number of fused-ring (bicyclic) bond motifs is 1. The summed E-state index contributed by atoms with van der Waals surface area (Å²) >= 11 is 4.47. The van der Waals surface area contributed by atoms with Gasteiger partial charge in [-0.2, -0.15) is 0 Å². The minimum atomic E-state index is -0.139. The van der Waals surface area contributed by atoms with Crippen molar-refractivity contribution in [2.75, 3.05) is 11.1 Å². The Hall–Kier alpha value is -2.04. The van der Waals surface area contributed by atoms with Crippen LogP contribution in [0.25, 0.3) is 11.4 Å². The molecule has 3 aromatic rings. The molecule has 0 fully saturated rings. The van der Waals surface area contributed by atoms with Gasteiger partial charge in [0.15, 0.2) is 11.0 Å². The molecule has 0 saturated carbocycles. The van der Waals surface area contributed by atoms with Crippen LogP contribution in [0.3, 0.4) is 0 Å². The third-order valence-corrected chi connectivity index (χ3v) is 6.93. The molecule has 1 aliphatic carbocycles. The van der Waals surface area contributed by atoms with Crippen molar-refractivity contribution in [3.05, 3.63) is 34.0 Å². The molecule has 7 nitrogen and oxygen atoms in total. The Balaban J connectivity index is 1.53. The van der Waals surface area contributed by atoms with Crippen LogP contribution in [-0.2, 0) is 24.2 Å². The number of nitrogens with one attached hydrogen (secondary N) is 1. The Bertz CT molecular complexity index is 946. The molecule has 0 radical (unpaired) electrons. The Morgan fingerprint density at radius 3 is 3.00 bits per heavy atom. The minimum absolute atomic E-state index is 0.139. The van der Waals surface area contributed by atoms with Gasteiger partial charge in [-0.25, -0.2) is 0 Å². The summed E-state index contributed by atoms with van der Waals surface area (Å²) in [6.45, 7) is 4.46. The van der Waals surface area contributed by atoms with Gasteiger partial charge >= 0.3 is 0 Å². The van der Waals surface area contributed by atoms with E-state index in [-0.39, 0.29) is 11.7 Å². The summed E-state index contributed by atoms with van der Waals surface area (Å²) in [6, 6.07) is 0. The number of amides is 1. The standard InChI is InChI=1S/C17H18N6OS3/c1-2-7-23-15(12-8-25-13-6-4-3-5-11(12)13)20-22-17(23)26-9-14(24)19-16-21-18-10-27-16/h2,8,10H,1,3-7,9H2,(H,19,21,24). The maximum Gasteiger partial charge on any atom is 0.236 e. The number of allylic oxidation sites excluding steroid dienone is 1. The van der Waals surface area contributed by atoms with E-state index in [9.17, 15) is 4.79 Å². The number of carbonyl (C=O) groups excluding carboxylic acids is 1. The summed E-state index contributed by atoms with van der Waals surface area (Å²) in [7, 11) is 0. The van der Waals surface area contributed by atoms with Crippen molar-refractivity contribution in [2.45, 2.75) is 37.4 Å². The number of rotatable bonds is 7. The van der Waals surface area contributed by atoms with Gasteiger partial charge in [0.05, 0.1) is 5.75 Å². The van der Waals surface area contributed by atoms with Crippen molar-refractivity contribution in [1.82, 2.24) is 25.0 Å². The van der Waals surface area contributed by atoms with E-state index >= 15 is 0 Å². The van der Waals surface area contributed by atoms with Crippen molar-refractivity contribution < 1.29 is 4.79 Å². The number of aryl methyl sites for hydroxylation is 1. The summed E-state index contributed by atoms with van der Waals surface area (Å²) in [5.41, 5.74) is 4.17. The number of hydrogen-bond acceptors (Lipinski definition) is 8. The van der Waals surface area contributed by atoms with E-state index in [4.69, 9.17) is 0 Å². The quantitative estimate of drug-likeness (QED) is 0.466. The van der Waals surface area contributed by atoms with Crippen LogP contribution in [0.2, 0.25) is 0 Å². The molecule has 0 saturated heterocycles. The summed E-state index contributed by atoms with van der Waals surface area (Å²) < 4.78 is 2.03. The fourth-order valence-corrected chi connectivity index (χ4v) is 5.42. The SMILES string of the molecule is C=CCn1c(SCC(=O)Nc2nncs2)nnc1-c1csc2c1CCCC2. The molecule has 1 amide bonds. The average molecular weight is 419 g/mol. The fraction of sp³-hybridized carbons (Fsp3) is 0.353. The molecule has 3 aromatic heterocycles. The lowest BCUT2D eigenvalue weighted by Gasteiger charge is -2.13. The lowest BCUT2D eigenvalue weighted by atomic mass is 9.95. The van der Waals surface area contributed by atoms with Crippen molar-refractivity contribution >= 4 is 45.5 Å². The number of aromatic nitrogens is 5. The molecule has 27 heavy (non-hydrogen) atoms. The predicted octanol–water partition coefficient (Wildman–Crippen LogP) is 3.65. The second-order valence-electron chi connectivity index (χ2n) is 6.04. The van der Waals surface area contributed by atoms with E-state index in [2.05, 4.69) is 37.7 Å². The molecule has 0 spiro atoms. The van der Waals surface area contributed by atoms with E-state index in [1.807, 2.05) is 22.0 Å². The Labute approximate surface area is 168 Å².